The van der Waals surface area contributed by atoms with E-state index in [-0.39, 0.29) is 16.7 Å². The number of thiophene rings is 1. The van der Waals surface area contributed by atoms with Crippen LogP contribution in [0.5, 0.6) is 0 Å². The van der Waals surface area contributed by atoms with Crippen molar-refractivity contribution in [1.29, 1.82) is 0 Å². The van der Waals surface area contributed by atoms with Crippen molar-refractivity contribution in [3.63, 3.8) is 0 Å². The van der Waals surface area contributed by atoms with Crippen molar-refractivity contribution >= 4 is 38.7 Å². The third-order valence-corrected chi connectivity index (χ3v) is 8.38. The predicted molar refractivity (Wildman–Crippen MR) is 113 cm³/mol. The summed E-state index contributed by atoms with van der Waals surface area (Å²) in [5, 5.41) is 5.83. The van der Waals surface area contributed by atoms with Crippen LogP contribution in [0.25, 0.3) is 0 Å². The summed E-state index contributed by atoms with van der Waals surface area (Å²) in [7, 11) is -3.55. The van der Waals surface area contributed by atoms with Gasteiger partial charge >= 0.3 is 0 Å². The number of hydrogen-bond acceptors (Lipinski definition) is 6. The zero-order valence-corrected chi connectivity index (χ0v) is 17.6. The van der Waals surface area contributed by atoms with Crippen molar-refractivity contribution in [2.24, 2.45) is 0 Å². The first kappa shape index (κ1) is 21.0. The maximum absolute atomic E-state index is 13.0. The normalized spacial score (nSPS) is 16.5. The van der Waals surface area contributed by atoms with E-state index in [1.165, 1.54) is 17.4 Å². The molecule has 0 spiro atoms. The maximum atomic E-state index is 13.0. The zero-order chi connectivity index (χ0) is 20.1. The first-order valence-corrected chi connectivity index (χ1v) is 11.6. The van der Waals surface area contributed by atoms with Gasteiger partial charge in [-0.15, -0.1) is 17.9 Å². The van der Waals surface area contributed by atoms with Crippen molar-refractivity contribution in [2.45, 2.75) is 16.1 Å². The summed E-state index contributed by atoms with van der Waals surface area (Å²) in [6.45, 7) is 6.82. The van der Waals surface area contributed by atoms with Crippen LogP contribution in [-0.4, -0.2) is 50.8 Å². The van der Waals surface area contributed by atoms with Crippen molar-refractivity contribution < 1.29 is 13.2 Å². The van der Waals surface area contributed by atoms with Gasteiger partial charge in [-0.2, -0.15) is 0 Å². The van der Waals surface area contributed by atoms with Gasteiger partial charge in [0.05, 0.1) is 6.54 Å². The van der Waals surface area contributed by atoms with E-state index < -0.39 is 15.2 Å². The molecule has 150 valence electrons. The van der Waals surface area contributed by atoms with Crippen LogP contribution in [0, 0.1) is 0 Å². The van der Waals surface area contributed by atoms with E-state index in [9.17, 15) is 13.2 Å². The van der Waals surface area contributed by atoms with E-state index in [0.29, 0.717) is 23.7 Å². The number of halogens is 1. The Bertz CT molecular complexity index is 936. The zero-order valence-electron chi connectivity index (χ0n) is 15.2. The molecule has 28 heavy (non-hydrogen) atoms. The highest BCUT2D eigenvalue weighted by Crippen LogP contribution is 2.27. The molecule has 6 nitrogen and oxygen atoms in total. The molecule has 0 bridgehead atoms. The minimum absolute atomic E-state index is 0.237. The fourth-order valence-corrected chi connectivity index (χ4v) is 6.24. The van der Waals surface area contributed by atoms with E-state index in [0.717, 1.165) is 18.0 Å². The van der Waals surface area contributed by atoms with Gasteiger partial charge in [-0.3, -0.25) is 9.69 Å². The molecule has 1 aromatic heterocycles. The number of sulfone groups is 1. The Kier molecular flexibility index (Phi) is 6.90. The largest absolute Gasteiger partial charge is 0.347 e. The van der Waals surface area contributed by atoms with Gasteiger partial charge < -0.3 is 10.6 Å². The van der Waals surface area contributed by atoms with E-state index in [4.69, 9.17) is 11.6 Å². The van der Waals surface area contributed by atoms with Gasteiger partial charge in [0.15, 0.2) is 0 Å². The summed E-state index contributed by atoms with van der Waals surface area (Å²) >= 11 is 7.00. The topological polar surface area (TPSA) is 78.5 Å². The minimum atomic E-state index is -3.55. The maximum Gasteiger partial charge on any atom is 0.251 e. The molecule has 1 aliphatic heterocycles. The Morgan fingerprint density at radius 1 is 1.25 bits per heavy atom. The summed E-state index contributed by atoms with van der Waals surface area (Å²) in [6.07, 6.45) is 1.49. The molecule has 2 N–H and O–H groups in total. The van der Waals surface area contributed by atoms with Crippen molar-refractivity contribution in [2.75, 3.05) is 26.2 Å². The fraction of sp³-hybridized carbons (Fsp3) is 0.316. The van der Waals surface area contributed by atoms with E-state index in [1.54, 1.807) is 36.4 Å². The van der Waals surface area contributed by atoms with Crippen LogP contribution in [0.3, 0.4) is 0 Å². The second-order valence-corrected chi connectivity index (χ2v) is 10.2. The molecule has 0 radical (unpaired) electrons. The summed E-state index contributed by atoms with van der Waals surface area (Å²) < 4.78 is 26.4. The molecule has 3 rings (SSSR count). The standard InChI is InChI=1S/C19H22ClN3O3S2/c1-2-17(23-11-9-21-10-12-23)28(25,26)18-8-7-16(27-18)13-22-19(24)14-3-5-15(20)6-4-14/h2-8,17,21H,1,9-13H2,(H,22,24). The lowest BCUT2D eigenvalue weighted by Gasteiger charge is -2.32. The number of nitrogens with zero attached hydrogens (tertiary/aromatic N) is 1. The van der Waals surface area contributed by atoms with Crippen LogP contribution < -0.4 is 10.6 Å². The Labute approximate surface area is 174 Å². The highest BCUT2D eigenvalue weighted by molar-refractivity contribution is 7.94. The van der Waals surface area contributed by atoms with Crippen LogP contribution in [-0.2, 0) is 16.4 Å². The van der Waals surface area contributed by atoms with Gasteiger partial charge in [0.25, 0.3) is 5.91 Å². The van der Waals surface area contributed by atoms with Crippen LogP contribution in [0.1, 0.15) is 15.2 Å². The Morgan fingerprint density at radius 3 is 2.57 bits per heavy atom. The van der Waals surface area contributed by atoms with Crippen LogP contribution in [0.2, 0.25) is 5.02 Å². The molecule has 1 atom stereocenters. The number of rotatable bonds is 7. The van der Waals surface area contributed by atoms with Crippen molar-refractivity contribution in [3.8, 4) is 0 Å². The second kappa shape index (κ2) is 9.19. The Balaban J connectivity index is 1.67. The molecule has 1 aliphatic rings. The SMILES string of the molecule is C=CC(N1CCNCC1)S(=O)(=O)c1ccc(CNC(=O)c2ccc(Cl)cc2)s1. The summed E-state index contributed by atoms with van der Waals surface area (Å²) in [5.74, 6) is -0.237. The lowest BCUT2D eigenvalue weighted by molar-refractivity contribution is 0.0951. The number of carbonyl (C=O) groups excluding carboxylic acids is 1. The van der Waals surface area contributed by atoms with Gasteiger partial charge in [0, 0.05) is 41.6 Å². The predicted octanol–water partition coefficient (Wildman–Crippen LogP) is 2.52. The number of nitrogens with one attached hydrogen (secondary N) is 2. The highest BCUT2D eigenvalue weighted by Gasteiger charge is 2.32. The van der Waals surface area contributed by atoms with E-state index in [2.05, 4.69) is 17.2 Å². The minimum Gasteiger partial charge on any atom is -0.347 e. The van der Waals surface area contributed by atoms with Gasteiger partial charge in [-0.05, 0) is 36.4 Å². The first-order valence-electron chi connectivity index (χ1n) is 8.85. The molecule has 0 aliphatic carbocycles. The van der Waals surface area contributed by atoms with Gasteiger partial charge in [0.2, 0.25) is 9.84 Å². The molecule has 1 amide bonds. The lowest BCUT2D eigenvalue weighted by atomic mass is 10.2. The molecular formula is C19H22ClN3O3S2. The highest BCUT2D eigenvalue weighted by atomic mass is 35.5. The molecule has 0 saturated carbocycles. The van der Waals surface area contributed by atoms with Crippen LogP contribution >= 0.6 is 22.9 Å². The van der Waals surface area contributed by atoms with Gasteiger partial charge in [-0.25, -0.2) is 8.42 Å². The number of carbonyl (C=O) groups is 1. The molecule has 1 fully saturated rings. The quantitative estimate of drug-likeness (QED) is 0.648. The van der Waals surface area contributed by atoms with Crippen LogP contribution in [0.4, 0.5) is 0 Å². The molecular weight excluding hydrogens is 418 g/mol. The monoisotopic (exact) mass is 439 g/mol. The smallest absolute Gasteiger partial charge is 0.251 e. The molecule has 1 saturated heterocycles. The van der Waals surface area contributed by atoms with E-state index >= 15 is 0 Å². The fourth-order valence-electron chi connectivity index (χ4n) is 3.00. The number of hydrogen-bond donors (Lipinski definition) is 2. The average Bonchev–Trinajstić information content (AvgIpc) is 3.18. The van der Waals surface area contributed by atoms with Gasteiger partial charge in [-0.1, -0.05) is 17.7 Å². The van der Waals surface area contributed by atoms with E-state index in [1.807, 2.05) is 4.90 Å². The first-order chi connectivity index (χ1) is 13.4. The summed E-state index contributed by atoms with van der Waals surface area (Å²) in [5.41, 5.74) is 0.499. The van der Waals surface area contributed by atoms with Crippen molar-refractivity contribution in [3.05, 3.63) is 64.5 Å². The molecule has 2 heterocycles. The average molecular weight is 440 g/mol. The second-order valence-electron chi connectivity index (χ2n) is 6.37. The Hall–Kier alpha value is -1.71. The van der Waals surface area contributed by atoms with Gasteiger partial charge in [0.1, 0.15) is 9.58 Å². The number of benzene rings is 1. The lowest BCUT2D eigenvalue weighted by Crippen LogP contribution is -2.50. The van der Waals surface area contributed by atoms with Crippen LogP contribution in [0.15, 0.2) is 53.3 Å². The number of amides is 1. The molecule has 9 heteroatoms. The molecule has 1 unspecified atom stereocenters. The molecule has 2 aromatic rings. The summed E-state index contributed by atoms with van der Waals surface area (Å²) in [4.78, 5) is 14.9. The molecule has 1 aromatic carbocycles. The number of piperazine rings is 1. The Morgan fingerprint density at radius 2 is 1.93 bits per heavy atom. The van der Waals surface area contributed by atoms with Crippen molar-refractivity contribution in [1.82, 2.24) is 15.5 Å². The third-order valence-electron chi connectivity index (χ3n) is 4.48. The summed E-state index contributed by atoms with van der Waals surface area (Å²) in [6, 6.07) is 9.92. The third kappa shape index (κ3) is 4.82.